The van der Waals surface area contributed by atoms with Crippen molar-refractivity contribution in [2.75, 3.05) is 48.2 Å². The van der Waals surface area contributed by atoms with Gasteiger partial charge in [-0.3, -0.25) is 4.79 Å². The van der Waals surface area contributed by atoms with Crippen LogP contribution in [0.3, 0.4) is 0 Å². The summed E-state index contributed by atoms with van der Waals surface area (Å²) in [6.07, 6.45) is 11.0. The molecule has 3 aromatic carbocycles. The second-order valence-corrected chi connectivity index (χ2v) is 14.1. The van der Waals surface area contributed by atoms with Gasteiger partial charge < -0.3 is 38.1 Å². The van der Waals surface area contributed by atoms with E-state index in [0.717, 1.165) is 61.6 Å². The van der Waals surface area contributed by atoms with Crippen LogP contribution in [-0.2, 0) is 20.7 Å². The summed E-state index contributed by atoms with van der Waals surface area (Å²) in [5, 5.41) is 0. The van der Waals surface area contributed by atoms with E-state index in [0.29, 0.717) is 66.9 Å². The highest BCUT2D eigenvalue weighted by Gasteiger charge is 2.41. The lowest BCUT2D eigenvalue weighted by atomic mass is 9.75. The molecule has 296 valence electrons. The Morgan fingerprint density at radius 3 is 2.16 bits per heavy atom. The molecule has 0 N–H and O–H groups in total. The van der Waals surface area contributed by atoms with Gasteiger partial charge in [0, 0.05) is 6.54 Å². The van der Waals surface area contributed by atoms with Gasteiger partial charge in [0.15, 0.2) is 23.0 Å². The first-order chi connectivity index (χ1) is 26.8. The molecule has 2 fully saturated rings. The van der Waals surface area contributed by atoms with Crippen molar-refractivity contribution >= 4 is 11.9 Å². The van der Waals surface area contributed by atoms with E-state index in [9.17, 15) is 4.79 Å². The minimum atomic E-state index is -0.729. The molecule has 1 heterocycles. The van der Waals surface area contributed by atoms with Gasteiger partial charge in [0.2, 0.25) is 11.7 Å². The topological polar surface area (TPSA) is 102 Å². The van der Waals surface area contributed by atoms with Crippen molar-refractivity contribution < 1.29 is 42.7 Å². The van der Waals surface area contributed by atoms with E-state index in [1.165, 1.54) is 0 Å². The summed E-state index contributed by atoms with van der Waals surface area (Å²) in [7, 11) is 6.36. The second-order valence-electron chi connectivity index (χ2n) is 14.1. The molecule has 1 aliphatic heterocycles. The third kappa shape index (κ3) is 10.3. The van der Waals surface area contributed by atoms with E-state index in [1.54, 1.807) is 45.5 Å². The Kier molecular flexibility index (Phi) is 15.3. The number of amides is 1. The van der Waals surface area contributed by atoms with Gasteiger partial charge >= 0.3 is 5.97 Å². The van der Waals surface area contributed by atoms with Gasteiger partial charge in [-0.15, -0.1) is 0 Å². The summed E-state index contributed by atoms with van der Waals surface area (Å²) in [5.74, 6) is 2.47. The molecule has 55 heavy (non-hydrogen) atoms. The van der Waals surface area contributed by atoms with Crippen LogP contribution in [0.2, 0.25) is 0 Å². The number of rotatable bonds is 19. The molecular weight excluding hydrogens is 698 g/mol. The highest BCUT2D eigenvalue weighted by atomic mass is 16.5. The maximum Gasteiger partial charge on any atom is 0.329 e. The van der Waals surface area contributed by atoms with E-state index in [1.807, 2.05) is 54.6 Å². The largest absolute Gasteiger partial charge is 0.493 e. The fourth-order valence-corrected chi connectivity index (χ4v) is 7.89. The molecule has 3 atom stereocenters. The number of hydrogen-bond donors (Lipinski definition) is 0. The number of piperidine rings is 1. The molecule has 0 bridgehead atoms. The van der Waals surface area contributed by atoms with Crippen LogP contribution in [0.25, 0.3) is 0 Å². The average molecular weight is 756 g/mol. The maximum absolute atomic E-state index is 15.1. The number of carbonyl (C=O) groups is 2. The number of methoxy groups -OCH3 is 4. The third-order valence-corrected chi connectivity index (χ3v) is 10.6. The Labute approximate surface area is 326 Å². The lowest BCUT2D eigenvalue weighted by molar-refractivity contribution is -0.163. The van der Waals surface area contributed by atoms with Gasteiger partial charge in [0.25, 0.3) is 0 Å². The SMILES string of the molecule is C=CCOc1cccc(C(CCc2ccc(OC)c(OC)c2)OC(=O)C2CCCCN2C(=O)[C@H](c2cc(OC)c(OC)c(OCC=C)c2)C2CCCCC2)c1. The molecule has 5 rings (SSSR count). The molecule has 10 heteroatoms. The Balaban J connectivity index is 1.46. The summed E-state index contributed by atoms with van der Waals surface area (Å²) < 4.78 is 40.8. The van der Waals surface area contributed by atoms with Crippen molar-refractivity contribution in [3.63, 3.8) is 0 Å². The van der Waals surface area contributed by atoms with Crippen LogP contribution in [0.5, 0.6) is 34.5 Å². The lowest BCUT2D eigenvalue weighted by Gasteiger charge is -2.40. The van der Waals surface area contributed by atoms with Crippen LogP contribution in [0.15, 0.2) is 79.9 Å². The Bertz CT molecular complexity index is 1750. The zero-order chi connectivity index (χ0) is 39.2. The highest BCUT2D eigenvalue weighted by molar-refractivity contribution is 5.89. The van der Waals surface area contributed by atoms with Crippen molar-refractivity contribution in [2.24, 2.45) is 5.92 Å². The molecule has 1 saturated heterocycles. The predicted octanol–water partition coefficient (Wildman–Crippen LogP) is 8.81. The number of carbonyl (C=O) groups excluding carboxylic acids is 2. The zero-order valence-corrected chi connectivity index (χ0v) is 32.9. The van der Waals surface area contributed by atoms with E-state index < -0.39 is 24.0 Å². The number of nitrogens with zero attached hydrogens (tertiary/aromatic N) is 1. The Hall–Kier alpha value is -5.12. The van der Waals surface area contributed by atoms with Crippen LogP contribution in [0.1, 0.15) is 86.5 Å². The molecule has 1 amide bonds. The molecule has 0 spiro atoms. The first-order valence-corrected chi connectivity index (χ1v) is 19.4. The number of likely N-dealkylation sites (tertiary alicyclic amines) is 1. The van der Waals surface area contributed by atoms with Gasteiger partial charge in [-0.1, -0.05) is 62.8 Å². The van der Waals surface area contributed by atoms with Crippen molar-refractivity contribution in [3.05, 3.63) is 96.6 Å². The molecular formula is C45H57NO9. The Morgan fingerprint density at radius 1 is 0.745 bits per heavy atom. The van der Waals surface area contributed by atoms with Crippen LogP contribution >= 0.6 is 0 Å². The van der Waals surface area contributed by atoms with E-state index in [4.69, 9.17) is 33.2 Å². The smallest absolute Gasteiger partial charge is 0.329 e. The van der Waals surface area contributed by atoms with Gasteiger partial charge in [0.05, 0.1) is 34.4 Å². The van der Waals surface area contributed by atoms with Crippen molar-refractivity contribution in [1.29, 1.82) is 0 Å². The summed E-state index contributed by atoms with van der Waals surface area (Å²) >= 11 is 0. The minimum absolute atomic E-state index is 0.0721. The fourth-order valence-electron chi connectivity index (χ4n) is 7.89. The molecule has 1 aliphatic carbocycles. The number of esters is 1. The zero-order valence-electron chi connectivity index (χ0n) is 32.9. The van der Waals surface area contributed by atoms with Crippen LogP contribution in [0, 0.1) is 5.92 Å². The standard InChI is InChI=1S/C45H57NO9/c1-7-25-53-35-18-14-17-33(28-35)37(22-20-31-21-23-38(49-3)39(27-31)50-4)55-45(48)36-19-12-13-24-46(36)44(47)42(32-15-10-9-11-16-32)34-29-40(51-5)43(52-6)41(30-34)54-26-8-2/h7-8,14,17-18,21,23,27-30,32,36-37,42H,1-2,9-13,15-16,19-20,22,24-26H2,3-6H3/t36?,37?,42-/m0/s1. The molecule has 0 aromatic heterocycles. The highest BCUT2D eigenvalue weighted by Crippen LogP contribution is 2.45. The van der Waals surface area contributed by atoms with Crippen LogP contribution in [-0.4, -0.2) is 71.0 Å². The van der Waals surface area contributed by atoms with Gasteiger partial charge in [0.1, 0.15) is 31.1 Å². The maximum atomic E-state index is 15.1. The number of ether oxygens (including phenoxy) is 7. The second kappa shape index (κ2) is 20.5. The summed E-state index contributed by atoms with van der Waals surface area (Å²) in [4.78, 5) is 31.3. The summed E-state index contributed by atoms with van der Waals surface area (Å²) in [5.41, 5.74) is 2.60. The minimum Gasteiger partial charge on any atom is -0.493 e. The Morgan fingerprint density at radius 2 is 1.45 bits per heavy atom. The monoisotopic (exact) mass is 755 g/mol. The van der Waals surface area contributed by atoms with E-state index in [-0.39, 0.29) is 18.4 Å². The molecule has 1 saturated carbocycles. The molecule has 2 unspecified atom stereocenters. The van der Waals surface area contributed by atoms with E-state index in [2.05, 4.69) is 13.2 Å². The normalized spacial score (nSPS) is 16.9. The first kappa shape index (κ1) is 41.1. The molecule has 0 radical (unpaired) electrons. The summed E-state index contributed by atoms with van der Waals surface area (Å²) in [6, 6.07) is 16.5. The number of aryl methyl sites for hydroxylation is 1. The first-order valence-electron chi connectivity index (χ1n) is 19.4. The van der Waals surface area contributed by atoms with Crippen molar-refractivity contribution in [2.45, 2.75) is 82.3 Å². The summed E-state index contributed by atoms with van der Waals surface area (Å²) in [6.45, 7) is 8.64. The van der Waals surface area contributed by atoms with Crippen LogP contribution in [0.4, 0.5) is 0 Å². The van der Waals surface area contributed by atoms with Gasteiger partial charge in [-0.05, 0) is 104 Å². The van der Waals surface area contributed by atoms with Gasteiger partial charge in [-0.25, -0.2) is 4.79 Å². The van der Waals surface area contributed by atoms with Crippen LogP contribution < -0.4 is 28.4 Å². The van der Waals surface area contributed by atoms with Gasteiger partial charge in [-0.2, -0.15) is 0 Å². The lowest BCUT2D eigenvalue weighted by Crippen LogP contribution is -2.51. The number of benzene rings is 3. The van der Waals surface area contributed by atoms with Crippen molar-refractivity contribution in [3.8, 4) is 34.5 Å². The van der Waals surface area contributed by atoms with E-state index >= 15 is 4.79 Å². The quantitative estimate of drug-likeness (QED) is 0.0878. The third-order valence-electron chi connectivity index (χ3n) is 10.6. The molecule has 2 aliphatic rings. The predicted molar refractivity (Wildman–Crippen MR) is 213 cm³/mol. The number of hydrogen-bond acceptors (Lipinski definition) is 9. The molecule has 10 nitrogen and oxygen atoms in total. The molecule has 3 aromatic rings. The van der Waals surface area contributed by atoms with Crippen molar-refractivity contribution in [1.82, 2.24) is 4.90 Å². The fraction of sp³-hybridized carbons (Fsp3) is 0.467. The average Bonchev–Trinajstić information content (AvgIpc) is 3.23.